The highest BCUT2D eigenvalue weighted by molar-refractivity contribution is 9.10. The Labute approximate surface area is 167 Å². The van der Waals surface area contributed by atoms with E-state index in [1.165, 1.54) is 5.56 Å². The Kier molecular flexibility index (Phi) is 8.19. The lowest BCUT2D eigenvalue weighted by molar-refractivity contribution is -0.138. The zero-order chi connectivity index (χ0) is 18.9. The topological polar surface area (TPSA) is 49.4 Å². The van der Waals surface area contributed by atoms with Gasteiger partial charge in [0.1, 0.15) is 6.04 Å². The van der Waals surface area contributed by atoms with Gasteiger partial charge in [0.05, 0.1) is 5.75 Å². The Morgan fingerprint density at radius 3 is 2.46 bits per heavy atom. The molecular weight excluding hydrogens is 412 g/mol. The number of rotatable bonds is 8. The standard InChI is InChI=1S/C20H23BrN2O2S/c1-15(20(25)22-2)23(12-17-9-6-10-18(21)11-17)19(24)14-26-13-16-7-4-3-5-8-16/h3-11,15H,12-14H2,1-2H3,(H,22,25)/t15-/m1/s1. The highest BCUT2D eigenvalue weighted by Gasteiger charge is 2.25. The molecule has 0 radical (unpaired) electrons. The van der Waals surface area contributed by atoms with E-state index in [2.05, 4.69) is 21.2 Å². The minimum absolute atomic E-state index is 0.0398. The van der Waals surface area contributed by atoms with Crippen molar-refractivity contribution in [3.63, 3.8) is 0 Å². The molecule has 0 aliphatic heterocycles. The lowest BCUT2D eigenvalue weighted by Gasteiger charge is -2.28. The van der Waals surface area contributed by atoms with Gasteiger partial charge < -0.3 is 10.2 Å². The van der Waals surface area contributed by atoms with Crippen LogP contribution in [0.2, 0.25) is 0 Å². The Morgan fingerprint density at radius 1 is 1.12 bits per heavy atom. The first-order chi connectivity index (χ1) is 12.5. The summed E-state index contributed by atoms with van der Waals surface area (Å²) in [6, 6.07) is 17.3. The van der Waals surface area contributed by atoms with Crippen molar-refractivity contribution in [2.45, 2.75) is 25.3 Å². The molecule has 26 heavy (non-hydrogen) atoms. The van der Waals surface area contributed by atoms with Gasteiger partial charge in [0.15, 0.2) is 0 Å². The third kappa shape index (κ3) is 6.18. The maximum Gasteiger partial charge on any atom is 0.242 e. The van der Waals surface area contributed by atoms with Crippen LogP contribution in [0.25, 0.3) is 0 Å². The van der Waals surface area contributed by atoms with Crippen molar-refractivity contribution in [1.29, 1.82) is 0 Å². The average Bonchev–Trinajstić information content (AvgIpc) is 2.65. The highest BCUT2D eigenvalue weighted by atomic mass is 79.9. The first-order valence-corrected chi connectivity index (χ1v) is 10.3. The molecule has 2 aromatic carbocycles. The average molecular weight is 435 g/mol. The molecule has 1 N–H and O–H groups in total. The molecule has 2 amide bonds. The molecule has 0 unspecified atom stereocenters. The van der Waals surface area contributed by atoms with Crippen LogP contribution in [0.15, 0.2) is 59.1 Å². The van der Waals surface area contributed by atoms with E-state index in [1.807, 2.05) is 54.6 Å². The fourth-order valence-electron chi connectivity index (χ4n) is 2.54. The molecule has 0 saturated heterocycles. The van der Waals surface area contributed by atoms with E-state index < -0.39 is 6.04 Å². The van der Waals surface area contributed by atoms with Crippen LogP contribution in [0, 0.1) is 0 Å². The molecule has 0 bridgehead atoms. The number of likely N-dealkylation sites (N-methyl/N-ethyl adjacent to an activating group) is 1. The molecule has 138 valence electrons. The van der Waals surface area contributed by atoms with Gasteiger partial charge in [0, 0.05) is 23.8 Å². The normalized spacial score (nSPS) is 11.7. The summed E-state index contributed by atoms with van der Waals surface area (Å²) in [7, 11) is 1.59. The molecule has 0 aromatic heterocycles. The number of nitrogens with one attached hydrogen (secondary N) is 1. The van der Waals surface area contributed by atoms with Crippen LogP contribution in [-0.4, -0.2) is 35.6 Å². The van der Waals surface area contributed by atoms with E-state index in [0.717, 1.165) is 15.8 Å². The summed E-state index contributed by atoms with van der Waals surface area (Å²) < 4.78 is 0.952. The fourth-order valence-corrected chi connectivity index (χ4v) is 3.85. The first-order valence-electron chi connectivity index (χ1n) is 8.38. The van der Waals surface area contributed by atoms with Crippen molar-refractivity contribution >= 4 is 39.5 Å². The highest BCUT2D eigenvalue weighted by Crippen LogP contribution is 2.18. The molecule has 6 heteroatoms. The summed E-state index contributed by atoms with van der Waals surface area (Å²) in [5.74, 6) is 0.902. The fraction of sp³-hybridized carbons (Fsp3) is 0.300. The van der Waals surface area contributed by atoms with Crippen molar-refractivity contribution in [3.05, 3.63) is 70.2 Å². The van der Waals surface area contributed by atoms with Gasteiger partial charge in [-0.2, -0.15) is 0 Å². The SMILES string of the molecule is CNC(=O)[C@@H](C)N(Cc1cccc(Br)c1)C(=O)CSCc1ccccc1. The molecule has 0 aliphatic carbocycles. The minimum Gasteiger partial charge on any atom is -0.357 e. The van der Waals surface area contributed by atoms with E-state index in [0.29, 0.717) is 12.3 Å². The number of thioether (sulfide) groups is 1. The molecule has 1 atom stereocenters. The minimum atomic E-state index is -0.524. The van der Waals surface area contributed by atoms with Crippen molar-refractivity contribution < 1.29 is 9.59 Å². The van der Waals surface area contributed by atoms with E-state index in [9.17, 15) is 9.59 Å². The number of hydrogen-bond donors (Lipinski definition) is 1. The van der Waals surface area contributed by atoms with Crippen molar-refractivity contribution in [3.8, 4) is 0 Å². The molecule has 0 heterocycles. The number of nitrogens with zero attached hydrogens (tertiary/aromatic N) is 1. The first kappa shape index (κ1) is 20.5. The van der Waals surface area contributed by atoms with E-state index in [4.69, 9.17) is 0 Å². The number of amides is 2. The Bertz CT molecular complexity index is 740. The molecule has 0 aliphatic rings. The maximum absolute atomic E-state index is 12.8. The number of benzene rings is 2. The lowest BCUT2D eigenvalue weighted by atomic mass is 10.1. The van der Waals surface area contributed by atoms with Crippen molar-refractivity contribution in [2.75, 3.05) is 12.8 Å². The summed E-state index contributed by atoms with van der Waals surface area (Å²) in [6.45, 7) is 2.16. The van der Waals surface area contributed by atoms with Gasteiger partial charge in [-0.25, -0.2) is 0 Å². The van der Waals surface area contributed by atoms with E-state index >= 15 is 0 Å². The van der Waals surface area contributed by atoms with Crippen molar-refractivity contribution in [1.82, 2.24) is 10.2 Å². The maximum atomic E-state index is 12.8. The van der Waals surface area contributed by atoms with Gasteiger partial charge >= 0.3 is 0 Å². The van der Waals surface area contributed by atoms with Crippen LogP contribution in [0.4, 0.5) is 0 Å². The second-order valence-electron chi connectivity index (χ2n) is 5.92. The van der Waals surface area contributed by atoms with Crippen LogP contribution in [0.5, 0.6) is 0 Å². The third-order valence-corrected chi connectivity index (χ3v) is 5.47. The molecule has 0 fully saturated rings. The van der Waals surface area contributed by atoms with Gasteiger partial charge in [-0.15, -0.1) is 11.8 Å². The summed E-state index contributed by atoms with van der Waals surface area (Å²) in [4.78, 5) is 26.5. The second-order valence-corrected chi connectivity index (χ2v) is 7.82. The summed E-state index contributed by atoms with van der Waals surface area (Å²) in [5, 5.41) is 2.63. The number of carbonyl (C=O) groups is 2. The Balaban J connectivity index is 2.04. The number of halogens is 1. The van der Waals surface area contributed by atoms with Crippen molar-refractivity contribution in [2.24, 2.45) is 0 Å². The Hall–Kier alpha value is -1.79. The largest absolute Gasteiger partial charge is 0.357 e. The van der Waals surface area contributed by atoms with Crippen LogP contribution >= 0.6 is 27.7 Å². The van der Waals surface area contributed by atoms with Gasteiger partial charge in [-0.1, -0.05) is 58.4 Å². The summed E-state index contributed by atoms with van der Waals surface area (Å²) in [6.07, 6.45) is 0. The van der Waals surface area contributed by atoms with Gasteiger partial charge in [-0.05, 0) is 30.2 Å². The monoisotopic (exact) mass is 434 g/mol. The predicted octanol–water partition coefficient (Wildman–Crippen LogP) is 3.85. The number of carbonyl (C=O) groups excluding carboxylic acids is 2. The molecule has 0 spiro atoms. The lowest BCUT2D eigenvalue weighted by Crippen LogP contribution is -2.47. The zero-order valence-electron chi connectivity index (χ0n) is 14.9. The smallest absolute Gasteiger partial charge is 0.242 e. The number of hydrogen-bond acceptors (Lipinski definition) is 3. The summed E-state index contributed by atoms with van der Waals surface area (Å²) >= 11 is 5.01. The molecule has 2 rings (SSSR count). The quantitative estimate of drug-likeness (QED) is 0.686. The van der Waals surface area contributed by atoms with E-state index in [-0.39, 0.29) is 11.8 Å². The molecular formula is C20H23BrN2O2S. The zero-order valence-corrected chi connectivity index (χ0v) is 17.3. The van der Waals surface area contributed by atoms with Crippen LogP contribution in [0.1, 0.15) is 18.1 Å². The van der Waals surface area contributed by atoms with Crippen LogP contribution in [-0.2, 0) is 21.9 Å². The molecule has 2 aromatic rings. The third-order valence-electron chi connectivity index (χ3n) is 3.99. The predicted molar refractivity (Wildman–Crippen MR) is 111 cm³/mol. The molecule has 0 saturated carbocycles. The van der Waals surface area contributed by atoms with Crippen LogP contribution in [0.3, 0.4) is 0 Å². The van der Waals surface area contributed by atoms with Crippen LogP contribution < -0.4 is 5.32 Å². The van der Waals surface area contributed by atoms with Gasteiger partial charge in [0.25, 0.3) is 0 Å². The van der Waals surface area contributed by atoms with E-state index in [1.54, 1.807) is 30.6 Å². The molecule has 4 nitrogen and oxygen atoms in total. The van der Waals surface area contributed by atoms with Gasteiger partial charge in [-0.3, -0.25) is 9.59 Å². The second kappa shape index (κ2) is 10.4. The Morgan fingerprint density at radius 2 is 1.81 bits per heavy atom. The van der Waals surface area contributed by atoms with Gasteiger partial charge in [0.2, 0.25) is 11.8 Å². The summed E-state index contributed by atoms with van der Waals surface area (Å²) in [5.41, 5.74) is 2.17.